The molecule has 0 spiro atoms. The molecular weight excluding hydrogens is 138 g/mol. The molecule has 0 radical (unpaired) electrons. The van der Waals surface area contributed by atoms with Gasteiger partial charge in [-0.3, -0.25) is 9.69 Å². The molecule has 1 aliphatic rings. The molecule has 1 aliphatic heterocycles. The van der Waals surface area contributed by atoms with Gasteiger partial charge in [0.2, 0.25) is 0 Å². The molecule has 1 saturated heterocycles. The standard InChI is InChI=1S/C9H15NO/c1-3-4-8-5-6-10(2)7-9(8)11/h3,8H,1,4-7H2,2H3. The van der Waals surface area contributed by atoms with Gasteiger partial charge in [-0.2, -0.15) is 0 Å². The number of carbonyl (C=O) groups is 1. The Balaban J connectivity index is 2.43. The fraction of sp³-hybridized carbons (Fsp3) is 0.667. The van der Waals surface area contributed by atoms with E-state index >= 15 is 0 Å². The minimum atomic E-state index is 0.253. The topological polar surface area (TPSA) is 20.3 Å². The Bertz CT molecular complexity index is 165. The maximum Gasteiger partial charge on any atom is 0.150 e. The van der Waals surface area contributed by atoms with E-state index in [0.29, 0.717) is 12.3 Å². The van der Waals surface area contributed by atoms with E-state index in [0.717, 1.165) is 19.4 Å². The van der Waals surface area contributed by atoms with Crippen LogP contribution in [-0.4, -0.2) is 30.8 Å². The number of hydrogen-bond donors (Lipinski definition) is 0. The average molecular weight is 153 g/mol. The predicted octanol–water partition coefficient (Wildman–Crippen LogP) is 1.08. The molecule has 62 valence electrons. The molecule has 0 amide bonds. The number of likely N-dealkylation sites (N-methyl/N-ethyl adjacent to an activating group) is 1. The van der Waals surface area contributed by atoms with Crippen molar-refractivity contribution in [1.29, 1.82) is 0 Å². The lowest BCUT2D eigenvalue weighted by Gasteiger charge is -2.26. The zero-order chi connectivity index (χ0) is 8.27. The minimum absolute atomic E-state index is 0.253. The number of likely N-dealkylation sites (tertiary alicyclic amines) is 1. The van der Waals surface area contributed by atoms with Gasteiger partial charge < -0.3 is 0 Å². The second-order valence-electron chi connectivity index (χ2n) is 3.21. The lowest BCUT2D eigenvalue weighted by molar-refractivity contribution is -0.126. The first-order chi connectivity index (χ1) is 5.24. The molecule has 0 N–H and O–H groups in total. The smallest absolute Gasteiger partial charge is 0.150 e. The summed E-state index contributed by atoms with van der Waals surface area (Å²) in [6.45, 7) is 5.31. The van der Waals surface area contributed by atoms with E-state index in [9.17, 15) is 4.79 Å². The summed E-state index contributed by atoms with van der Waals surface area (Å²) in [4.78, 5) is 13.4. The Morgan fingerprint density at radius 1 is 1.82 bits per heavy atom. The van der Waals surface area contributed by atoms with Crippen LogP contribution in [0.5, 0.6) is 0 Å². The molecule has 1 atom stereocenters. The quantitative estimate of drug-likeness (QED) is 0.553. The first-order valence-electron chi connectivity index (χ1n) is 4.06. The summed E-state index contributed by atoms with van der Waals surface area (Å²) in [7, 11) is 1.99. The number of piperidine rings is 1. The van der Waals surface area contributed by atoms with E-state index in [-0.39, 0.29) is 5.92 Å². The molecule has 1 fully saturated rings. The summed E-state index contributed by atoms with van der Waals surface area (Å²) in [6.07, 6.45) is 3.70. The first kappa shape index (κ1) is 8.47. The Morgan fingerprint density at radius 2 is 2.55 bits per heavy atom. The van der Waals surface area contributed by atoms with Crippen molar-refractivity contribution in [3.05, 3.63) is 12.7 Å². The molecule has 1 heterocycles. The number of allylic oxidation sites excluding steroid dienone is 1. The van der Waals surface area contributed by atoms with Crippen molar-refractivity contribution in [2.75, 3.05) is 20.1 Å². The van der Waals surface area contributed by atoms with Crippen LogP contribution in [0.15, 0.2) is 12.7 Å². The molecule has 1 unspecified atom stereocenters. The first-order valence-corrected chi connectivity index (χ1v) is 4.06. The fourth-order valence-corrected chi connectivity index (χ4v) is 1.46. The number of hydrogen-bond acceptors (Lipinski definition) is 2. The molecule has 1 rings (SSSR count). The van der Waals surface area contributed by atoms with Gasteiger partial charge in [0.15, 0.2) is 0 Å². The molecule has 0 aromatic heterocycles. The van der Waals surface area contributed by atoms with Crippen molar-refractivity contribution in [2.24, 2.45) is 5.92 Å². The molecule has 0 aliphatic carbocycles. The SMILES string of the molecule is C=CCC1CCN(C)CC1=O. The average Bonchev–Trinajstić information content (AvgIpc) is 1.95. The zero-order valence-electron chi connectivity index (χ0n) is 7.05. The van der Waals surface area contributed by atoms with Crippen LogP contribution in [0.3, 0.4) is 0 Å². The van der Waals surface area contributed by atoms with Crippen molar-refractivity contribution in [3.63, 3.8) is 0 Å². The third-order valence-corrected chi connectivity index (χ3v) is 2.19. The van der Waals surface area contributed by atoms with Gasteiger partial charge in [-0.25, -0.2) is 0 Å². The fourth-order valence-electron chi connectivity index (χ4n) is 1.46. The van der Waals surface area contributed by atoms with Gasteiger partial charge in [-0.1, -0.05) is 6.08 Å². The highest BCUT2D eigenvalue weighted by atomic mass is 16.1. The molecule has 0 aromatic rings. The molecule has 0 bridgehead atoms. The highest BCUT2D eigenvalue weighted by Gasteiger charge is 2.23. The van der Waals surface area contributed by atoms with Crippen LogP contribution in [0, 0.1) is 5.92 Å². The number of nitrogens with zero attached hydrogens (tertiary/aromatic N) is 1. The lowest BCUT2D eigenvalue weighted by Crippen LogP contribution is -2.38. The van der Waals surface area contributed by atoms with Gasteiger partial charge in [0, 0.05) is 5.92 Å². The largest absolute Gasteiger partial charge is 0.299 e. The number of Topliss-reactive ketones (excluding diaryl/α,β-unsaturated/α-hetero) is 1. The van der Waals surface area contributed by atoms with Crippen LogP contribution in [0.25, 0.3) is 0 Å². The minimum Gasteiger partial charge on any atom is -0.299 e. The molecular formula is C9H15NO. The number of carbonyl (C=O) groups excluding carboxylic acids is 1. The van der Waals surface area contributed by atoms with Crippen LogP contribution in [0.1, 0.15) is 12.8 Å². The summed E-state index contributed by atoms with van der Waals surface area (Å²) >= 11 is 0. The number of ketones is 1. The molecule has 0 aromatic carbocycles. The van der Waals surface area contributed by atoms with Crippen molar-refractivity contribution < 1.29 is 4.79 Å². The maximum absolute atomic E-state index is 11.3. The monoisotopic (exact) mass is 153 g/mol. The second kappa shape index (κ2) is 3.67. The van der Waals surface area contributed by atoms with Crippen molar-refractivity contribution >= 4 is 5.78 Å². The van der Waals surface area contributed by atoms with Gasteiger partial charge in [-0.05, 0) is 26.4 Å². The zero-order valence-corrected chi connectivity index (χ0v) is 7.05. The van der Waals surface area contributed by atoms with Crippen LogP contribution < -0.4 is 0 Å². The van der Waals surface area contributed by atoms with Gasteiger partial charge in [0.1, 0.15) is 5.78 Å². The molecule has 2 heteroatoms. The van der Waals surface area contributed by atoms with E-state index in [1.807, 2.05) is 13.1 Å². The Labute approximate surface area is 67.9 Å². The lowest BCUT2D eigenvalue weighted by atomic mass is 9.93. The van der Waals surface area contributed by atoms with Crippen molar-refractivity contribution in [3.8, 4) is 0 Å². The van der Waals surface area contributed by atoms with Crippen molar-refractivity contribution in [2.45, 2.75) is 12.8 Å². The maximum atomic E-state index is 11.3. The predicted molar refractivity (Wildman–Crippen MR) is 45.4 cm³/mol. The van der Waals surface area contributed by atoms with Crippen molar-refractivity contribution in [1.82, 2.24) is 4.90 Å². The molecule has 0 saturated carbocycles. The normalized spacial score (nSPS) is 27.0. The van der Waals surface area contributed by atoms with E-state index in [2.05, 4.69) is 11.5 Å². The highest BCUT2D eigenvalue weighted by molar-refractivity contribution is 5.83. The summed E-state index contributed by atoms with van der Waals surface area (Å²) in [6, 6.07) is 0. The van der Waals surface area contributed by atoms with Gasteiger partial charge >= 0.3 is 0 Å². The summed E-state index contributed by atoms with van der Waals surface area (Å²) in [5.74, 6) is 0.627. The van der Waals surface area contributed by atoms with Gasteiger partial charge in [0.05, 0.1) is 6.54 Å². The summed E-state index contributed by atoms with van der Waals surface area (Å²) in [5, 5.41) is 0. The highest BCUT2D eigenvalue weighted by Crippen LogP contribution is 2.16. The second-order valence-corrected chi connectivity index (χ2v) is 3.21. The van der Waals surface area contributed by atoms with Gasteiger partial charge in [-0.15, -0.1) is 6.58 Å². The van der Waals surface area contributed by atoms with E-state index in [1.165, 1.54) is 0 Å². The van der Waals surface area contributed by atoms with Crippen LogP contribution >= 0.6 is 0 Å². The van der Waals surface area contributed by atoms with E-state index in [4.69, 9.17) is 0 Å². The van der Waals surface area contributed by atoms with E-state index in [1.54, 1.807) is 0 Å². The Kier molecular flexibility index (Phi) is 2.83. The third-order valence-electron chi connectivity index (χ3n) is 2.19. The Morgan fingerprint density at radius 3 is 3.09 bits per heavy atom. The summed E-state index contributed by atoms with van der Waals surface area (Å²) < 4.78 is 0. The third kappa shape index (κ3) is 2.15. The van der Waals surface area contributed by atoms with Crippen LogP contribution in [0.2, 0.25) is 0 Å². The van der Waals surface area contributed by atoms with Crippen LogP contribution in [-0.2, 0) is 4.79 Å². The Hall–Kier alpha value is -0.630. The number of rotatable bonds is 2. The molecule has 2 nitrogen and oxygen atoms in total. The molecule has 11 heavy (non-hydrogen) atoms. The summed E-state index contributed by atoms with van der Waals surface area (Å²) in [5.41, 5.74) is 0. The van der Waals surface area contributed by atoms with Gasteiger partial charge in [0.25, 0.3) is 0 Å². The van der Waals surface area contributed by atoms with Crippen LogP contribution in [0.4, 0.5) is 0 Å². The van der Waals surface area contributed by atoms with E-state index < -0.39 is 0 Å².